The lowest BCUT2D eigenvalue weighted by atomic mass is 9.98. The van der Waals surface area contributed by atoms with Gasteiger partial charge >= 0.3 is 0 Å². The Kier molecular flexibility index (Phi) is 2.52. The molecule has 0 unspecified atom stereocenters. The summed E-state index contributed by atoms with van der Waals surface area (Å²) in [6.45, 7) is 3.48. The zero-order valence-corrected chi connectivity index (χ0v) is 10.9. The molecule has 92 valence electrons. The Balaban J connectivity index is 2.21. The van der Waals surface area contributed by atoms with Crippen LogP contribution < -0.4 is 5.32 Å². The Morgan fingerprint density at radius 1 is 1.56 bits per heavy atom. The second kappa shape index (κ2) is 4.06. The van der Waals surface area contributed by atoms with Crippen LogP contribution in [0.25, 0.3) is 0 Å². The van der Waals surface area contributed by atoms with Gasteiger partial charge in [0.25, 0.3) is 0 Å². The Bertz CT molecular complexity index is 626. The summed E-state index contributed by atoms with van der Waals surface area (Å²) >= 11 is 1.62. The molecule has 0 saturated carbocycles. The van der Waals surface area contributed by atoms with Gasteiger partial charge in [-0.15, -0.1) is 11.3 Å². The largest absolute Gasteiger partial charge is 0.328 e. The monoisotopic (exact) mass is 260 g/mol. The van der Waals surface area contributed by atoms with Crippen molar-refractivity contribution in [3.63, 3.8) is 0 Å². The van der Waals surface area contributed by atoms with E-state index in [9.17, 15) is 4.79 Å². The van der Waals surface area contributed by atoms with Crippen molar-refractivity contribution in [2.75, 3.05) is 5.32 Å². The van der Waals surface area contributed by atoms with Crippen LogP contribution in [0, 0.1) is 0 Å². The van der Waals surface area contributed by atoms with Crippen molar-refractivity contribution in [3.8, 4) is 0 Å². The number of aromatic nitrogens is 3. The van der Waals surface area contributed by atoms with Gasteiger partial charge in [-0.25, -0.2) is 4.68 Å². The number of thiophene rings is 1. The van der Waals surface area contributed by atoms with Crippen LogP contribution in [0.2, 0.25) is 0 Å². The van der Waals surface area contributed by atoms with E-state index >= 15 is 0 Å². The number of Topliss-reactive ketones (excluding diaryl/α,β-unsaturated/α-hetero) is 1. The first kappa shape index (κ1) is 11.2. The molecule has 0 saturated heterocycles. The molecule has 3 rings (SSSR count). The van der Waals surface area contributed by atoms with E-state index in [1.807, 2.05) is 24.4 Å². The van der Waals surface area contributed by atoms with Gasteiger partial charge in [-0.05, 0) is 25.3 Å². The van der Waals surface area contributed by atoms with Gasteiger partial charge < -0.3 is 5.32 Å². The summed E-state index contributed by atoms with van der Waals surface area (Å²) in [5.41, 5.74) is 1.59. The molecule has 0 aromatic carbocycles. The maximum Gasteiger partial charge on any atom is 0.226 e. The molecule has 0 amide bonds. The molecule has 1 atom stereocenters. The summed E-state index contributed by atoms with van der Waals surface area (Å²) in [5.74, 6) is 0.732. The fourth-order valence-corrected chi connectivity index (χ4v) is 3.08. The van der Waals surface area contributed by atoms with Crippen LogP contribution in [-0.4, -0.2) is 20.5 Å². The summed E-state index contributed by atoms with van der Waals surface area (Å²) in [6.07, 6.45) is 1.50. The Labute approximate surface area is 108 Å². The first-order chi connectivity index (χ1) is 8.68. The molecule has 0 fully saturated rings. The molecule has 2 aromatic rings. The minimum atomic E-state index is -0.166. The summed E-state index contributed by atoms with van der Waals surface area (Å²) in [4.78, 5) is 17.1. The number of rotatable bonds is 2. The summed E-state index contributed by atoms with van der Waals surface area (Å²) in [6, 6.07) is 3.83. The maximum atomic E-state index is 11.9. The molecule has 1 aliphatic rings. The highest BCUT2D eigenvalue weighted by Crippen LogP contribution is 2.36. The van der Waals surface area contributed by atoms with E-state index in [2.05, 4.69) is 15.4 Å². The number of nitrogens with zero attached hydrogens (tertiary/aromatic N) is 3. The van der Waals surface area contributed by atoms with Gasteiger partial charge in [0, 0.05) is 16.1 Å². The molecule has 0 aliphatic carbocycles. The Morgan fingerprint density at radius 2 is 2.39 bits per heavy atom. The molecule has 1 N–H and O–H groups in total. The lowest BCUT2D eigenvalue weighted by Crippen LogP contribution is -2.27. The molecular weight excluding hydrogens is 248 g/mol. The molecular formula is C12H12N4OS. The minimum absolute atomic E-state index is 0.0551. The first-order valence-corrected chi connectivity index (χ1v) is 6.48. The third-order valence-electron chi connectivity index (χ3n) is 2.99. The third-order valence-corrected chi connectivity index (χ3v) is 3.91. The van der Waals surface area contributed by atoms with Crippen molar-refractivity contribution in [1.82, 2.24) is 14.8 Å². The van der Waals surface area contributed by atoms with Crippen molar-refractivity contribution in [2.45, 2.75) is 19.9 Å². The van der Waals surface area contributed by atoms with E-state index < -0.39 is 0 Å². The molecule has 6 heteroatoms. The quantitative estimate of drug-likeness (QED) is 0.899. The van der Waals surface area contributed by atoms with Gasteiger partial charge in [-0.3, -0.25) is 4.79 Å². The van der Waals surface area contributed by atoms with Gasteiger partial charge in [0.1, 0.15) is 12.4 Å². The molecule has 0 spiro atoms. The fraction of sp³-hybridized carbons (Fsp3) is 0.250. The summed E-state index contributed by atoms with van der Waals surface area (Å²) in [5, 5.41) is 9.34. The van der Waals surface area contributed by atoms with Crippen molar-refractivity contribution in [3.05, 3.63) is 40.0 Å². The van der Waals surface area contributed by atoms with Crippen LogP contribution in [0.1, 0.15) is 24.8 Å². The number of carbonyl (C=O) groups is 1. The SMILES string of the molecule is CC(=O)C1=C(C)Nc2ncnn2[C@H]1c1cccs1. The lowest BCUT2D eigenvalue weighted by molar-refractivity contribution is -0.114. The van der Waals surface area contributed by atoms with Crippen LogP contribution in [-0.2, 0) is 4.79 Å². The summed E-state index contributed by atoms with van der Waals surface area (Å²) in [7, 11) is 0. The highest BCUT2D eigenvalue weighted by Gasteiger charge is 2.31. The van der Waals surface area contributed by atoms with E-state index in [-0.39, 0.29) is 11.8 Å². The van der Waals surface area contributed by atoms with Crippen LogP contribution in [0.3, 0.4) is 0 Å². The van der Waals surface area contributed by atoms with E-state index in [0.29, 0.717) is 5.95 Å². The smallest absolute Gasteiger partial charge is 0.226 e. The number of ketones is 1. The lowest BCUT2D eigenvalue weighted by Gasteiger charge is -2.26. The normalized spacial score (nSPS) is 18.4. The maximum absolute atomic E-state index is 11.9. The zero-order chi connectivity index (χ0) is 12.7. The molecule has 2 aromatic heterocycles. The van der Waals surface area contributed by atoms with Crippen molar-refractivity contribution in [2.24, 2.45) is 0 Å². The van der Waals surface area contributed by atoms with Gasteiger partial charge in [0.05, 0.1) is 0 Å². The second-order valence-electron chi connectivity index (χ2n) is 4.17. The highest BCUT2D eigenvalue weighted by molar-refractivity contribution is 7.10. The number of allylic oxidation sites excluding steroid dienone is 2. The number of anilines is 1. The molecule has 3 heterocycles. The number of fused-ring (bicyclic) bond motifs is 1. The number of hydrogen-bond acceptors (Lipinski definition) is 5. The van der Waals surface area contributed by atoms with Gasteiger partial charge in [-0.2, -0.15) is 10.1 Å². The number of nitrogens with one attached hydrogen (secondary N) is 1. The predicted molar refractivity (Wildman–Crippen MR) is 69.5 cm³/mol. The first-order valence-electron chi connectivity index (χ1n) is 5.60. The molecule has 1 aliphatic heterocycles. The van der Waals surface area contributed by atoms with E-state index in [4.69, 9.17) is 0 Å². The standard InChI is InChI=1S/C12H12N4OS/c1-7-10(8(2)17)11(9-4-3-5-18-9)16-12(15-7)13-6-14-16/h3-6,11H,1-2H3,(H,13,14,15)/t11-/m0/s1. The second-order valence-corrected chi connectivity index (χ2v) is 5.15. The van der Waals surface area contributed by atoms with Crippen LogP contribution in [0.4, 0.5) is 5.95 Å². The average molecular weight is 260 g/mol. The van der Waals surface area contributed by atoms with Gasteiger partial charge in [-0.1, -0.05) is 6.07 Å². The minimum Gasteiger partial charge on any atom is -0.328 e. The topological polar surface area (TPSA) is 59.8 Å². The van der Waals surface area contributed by atoms with Crippen molar-refractivity contribution < 1.29 is 4.79 Å². The zero-order valence-electron chi connectivity index (χ0n) is 10.0. The average Bonchev–Trinajstić information content (AvgIpc) is 2.96. The van der Waals surface area contributed by atoms with Gasteiger partial charge in [0.2, 0.25) is 5.95 Å². The molecule has 0 radical (unpaired) electrons. The van der Waals surface area contributed by atoms with Crippen LogP contribution in [0.5, 0.6) is 0 Å². The van der Waals surface area contributed by atoms with E-state index in [0.717, 1.165) is 16.1 Å². The van der Waals surface area contributed by atoms with Crippen molar-refractivity contribution in [1.29, 1.82) is 0 Å². The molecule has 0 bridgehead atoms. The molecule has 18 heavy (non-hydrogen) atoms. The third kappa shape index (κ3) is 1.57. The predicted octanol–water partition coefficient (Wildman–Crippen LogP) is 2.22. The van der Waals surface area contributed by atoms with E-state index in [1.54, 1.807) is 22.9 Å². The van der Waals surface area contributed by atoms with Crippen LogP contribution >= 0.6 is 11.3 Å². The Morgan fingerprint density at radius 3 is 3.06 bits per heavy atom. The highest BCUT2D eigenvalue weighted by atomic mass is 32.1. The van der Waals surface area contributed by atoms with Crippen LogP contribution in [0.15, 0.2) is 35.1 Å². The number of carbonyl (C=O) groups excluding carboxylic acids is 1. The Hall–Kier alpha value is -1.95. The fourth-order valence-electron chi connectivity index (χ4n) is 2.26. The molecule has 5 nitrogen and oxygen atoms in total. The number of hydrogen-bond donors (Lipinski definition) is 1. The van der Waals surface area contributed by atoms with E-state index in [1.165, 1.54) is 6.33 Å². The van der Waals surface area contributed by atoms with Gasteiger partial charge in [0.15, 0.2) is 5.78 Å². The van der Waals surface area contributed by atoms with Crippen molar-refractivity contribution >= 4 is 23.1 Å². The summed E-state index contributed by atoms with van der Waals surface area (Å²) < 4.78 is 1.76.